The van der Waals surface area contributed by atoms with Crippen LogP contribution in [0, 0.1) is 5.41 Å². The highest BCUT2D eigenvalue weighted by molar-refractivity contribution is 5.81. The van der Waals surface area contributed by atoms with Crippen molar-refractivity contribution in [3.8, 4) is 5.75 Å². The van der Waals surface area contributed by atoms with E-state index in [0.717, 1.165) is 5.56 Å². The zero-order valence-corrected chi connectivity index (χ0v) is 10.6. The number of aromatic hydroxyl groups is 1. The third-order valence-electron chi connectivity index (χ3n) is 2.67. The molecule has 0 aliphatic rings. The van der Waals surface area contributed by atoms with Gasteiger partial charge in [-0.2, -0.15) is 0 Å². The molecule has 0 aliphatic carbocycles. The first-order chi connectivity index (χ1) is 7.95. The molecule has 0 saturated carbocycles. The number of nitrogens with one attached hydrogen (secondary N) is 2. The largest absolute Gasteiger partial charge is 0.508 e. The maximum absolute atomic E-state index is 11.5. The molecule has 0 saturated heterocycles. The summed E-state index contributed by atoms with van der Waals surface area (Å²) < 4.78 is 0. The van der Waals surface area contributed by atoms with Crippen LogP contribution in [0.2, 0.25) is 0 Å². The van der Waals surface area contributed by atoms with Gasteiger partial charge in [-0.05, 0) is 31.5 Å². The van der Waals surface area contributed by atoms with E-state index in [1.54, 1.807) is 19.2 Å². The molecule has 0 unspecified atom stereocenters. The highest BCUT2D eigenvalue weighted by atomic mass is 16.3. The normalized spacial score (nSPS) is 11.2. The Morgan fingerprint density at radius 3 is 2.41 bits per heavy atom. The first kappa shape index (κ1) is 13.5. The lowest BCUT2D eigenvalue weighted by atomic mass is 9.92. The van der Waals surface area contributed by atoms with E-state index < -0.39 is 5.41 Å². The van der Waals surface area contributed by atoms with E-state index >= 15 is 0 Å². The van der Waals surface area contributed by atoms with E-state index in [1.165, 1.54) is 0 Å². The van der Waals surface area contributed by atoms with Crippen LogP contribution < -0.4 is 10.6 Å². The Morgan fingerprint density at radius 2 is 1.88 bits per heavy atom. The molecule has 0 radical (unpaired) electrons. The molecule has 1 amide bonds. The molecule has 0 fully saturated rings. The van der Waals surface area contributed by atoms with Crippen molar-refractivity contribution in [2.75, 3.05) is 13.6 Å². The molecule has 4 heteroatoms. The van der Waals surface area contributed by atoms with Gasteiger partial charge in [-0.15, -0.1) is 0 Å². The van der Waals surface area contributed by atoms with Crippen LogP contribution >= 0.6 is 0 Å². The van der Waals surface area contributed by atoms with Crippen LogP contribution in [0.1, 0.15) is 19.4 Å². The number of phenols is 1. The fraction of sp³-hybridized carbons (Fsp3) is 0.462. The van der Waals surface area contributed by atoms with Crippen molar-refractivity contribution in [1.29, 1.82) is 0 Å². The smallest absolute Gasteiger partial charge is 0.226 e. The molecular weight excluding hydrogens is 216 g/mol. The maximum atomic E-state index is 11.5. The summed E-state index contributed by atoms with van der Waals surface area (Å²) >= 11 is 0. The minimum atomic E-state index is -0.425. The lowest BCUT2D eigenvalue weighted by Gasteiger charge is -2.22. The number of carbonyl (C=O) groups is 1. The van der Waals surface area contributed by atoms with Gasteiger partial charge in [-0.1, -0.05) is 12.1 Å². The molecular formula is C13H20N2O2. The molecule has 4 nitrogen and oxygen atoms in total. The molecule has 3 N–H and O–H groups in total. The van der Waals surface area contributed by atoms with Crippen molar-refractivity contribution in [1.82, 2.24) is 10.6 Å². The second kappa shape index (κ2) is 5.68. The minimum Gasteiger partial charge on any atom is -0.508 e. The van der Waals surface area contributed by atoms with Gasteiger partial charge in [-0.3, -0.25) is 4.79 Å². The Kier molecular flexibility index (Phi) is 4.52. The van der Waals surface area contributed by atoms with E-state index in [0.29, 0.717) is 13.1 Å². The molecule has 0 aliphatic heterocycles. The van der Waals surface area contributed by atoms with Crippen LogP contribution in [0.3, 0.4) is 0 Å². The molecule has 0 heterocycles. The Bertz CT molecular complexity index is 372. The first-order valence-corrected chi connectivity index (χ1v) is 5.66. The highest BCUT2D eigenvalue weighted by Crippen LogP contribution is 2.14. The lowest BCUT2D eigenvalue weighted by Crippen LogP contribution is -2.41. The number of hydrogen-bond donors (Lipinski definition) is 3. The molecule has 0 aromatic heterocycles. The highest BCUT2D eigenvalue weighted by Gasteiger charge is 2.25. The number of amides is 1. The van der Waals surface area contributed by atoms with Crippen molar-refractivity contribution >= 4 is 5.91 Å². The van der Waals surface area contributed by atoms with Gasteiger partial charge < -0.3 is 15.7 Å². The lowest BCUT2D eigenvalue weighted by molar-refractivity contribution is -0.128. The maximum Gasteiger partial charge on any atom is 0.226 e. The van der Waals surface area contributed by atoms with Gasteiger partial charge in [0.1, 0.15) is 5.75 Å². The van der Waals surface area contributed by atoms with Crippen LogP contribution in [0.5, 0.6) is 5.75 Å². The summed E-state index contributed by atoms with van der Waals surface area (Å²) in [6.45, 7) is 5.08. The molecule has 94 valence electrons. The number of rotatable bonds is 5. The first-order valence-electron chi connectivity index (χ1n) is 5.66. The minimum absolute atomic E-state index is 0.0238. The molecule has 1 aromatic carbocycles. The van der Waals surface area contributed by atoms with Crippen molar-refractivity contribution in [3.05, 3.63) is 29.8 Å². The van der Waals surface area contributed by atoms with Gasteiger partial charge in [0.2, 0.25) is 5.91 Å². The van der Waals surface area contributed by atoms with Crippen LogP contribution in [-0.4, -0.2) is 24.6 Å². The third-order valence-corrected chi connectivity index (χ3v) is 2.67. The molecule has 0 spiro atoms. The van der Waals surface area contributed by atoms with Gasteiger partial charge >= 0.3 is 0 Å². The summed E-state index contributed by atoms with van der Waals surface area (Å²) in [6.07, 6.45) is 0. The van der Waals surface area contributed by atoms with E-state index in [2.05, 4.69) is 10.6 Å². The van der Waals surface area contributed by atoms with Gasteiger partial charge in [0.15, 0.2) is 0 Å². The van der Waals surface area contributed by atoms with E-state index in [1.807, 2.05) is 26.0 Å². The monoisotopic (exact) mass is 236 g/mol. The Morgan fingerprint density at radius 1 is 1.29 bits per heavy atom. The van der Waals surface area contributed by atoms with E-state index in [9.17, 15) is 4.79 Å². The van der Waals surface area contributed by atoms with Crippen molar-refractivity contribution in [2.24, 2.45) is 5.41 Å². The molecule has 1 rings (SSSR count). The SMILES string of the molecule is CNC(=O)C(C)(C)CNCc1ccc(O)cc1. The average molecular weight is 236 g/mol. The quantitative estimate of drug-likeness (QED) is 0.721. The third kappa shape index (κ3) is 4.07. The predicted octanol–water partition coefficient (Wildman–Crippen LogP) is 1.25. The van der Waals surface area contributed by atoms with Gasteiger partial charge in [-0.25, -0.2) is 0 Å². The summed E-state index contributed by atoms with van der Waals surface area (Å²) in [7, 11) is 1.64. The predicted molar refractivity (Wildman–Crippen MR) is 67.7 cm³/mol. The van der Waals surface area contributed by atoms with Crippen LogP contribution in [-0.2, 0) is 11.3 Å². The fourth-order valence-electron chi connectivity index (χ4n) is 1.55. The van der Waals surface area contributed by atoms with Crippen LogP contribution in [0.25, 0.3) is 0 Å². The molecule has 0 bridgehead atoms. The second-order valence-electron chi connectivity index (χ2n) is 4.73. The molecule has 1 aromatic rings. The van der Waals surface area contributed by atoms with Crippen molar-refractivity contribution in [2.45, 2.75) is 20.4 Å². The standard InChI is InChI=1S/C13H20N2O2/c1-13(2,12(17)14-3)9-15-8-10-4-6-11(16)7-5-10/h4-7,15-16H,8-9H2,1-3H3,(H,14,17). The average Bonchev–Trinajstić information content (AvgIpc) is 2.30. The van der Waals surface area contributed by atoms with Crippen molar-refractivity contribution in [3.63, 3.8) is 0 Å². The second-order valence-corrected chi connectivity index (χ2v) is 4.73. The van der Waals surface area contributed by atoms with Crippen molar-refractivity contribution < 1.29 is 9.90 Å². The van der Waals surface area contributed by atoms with E-state index in [-0.39, 0.29) is 11.7 Å². The van der Waals surface area contributed by atoms with Gasteiger partial charge in [0, 0.05) is 20.1 Å². The Balaban J connectivity index is 2.42. The Labute approximate surface area is 102 Å². The summed E-state index contributed by atoms with van der Waals surface area (Å²) in [5.74, 6) is 0.287. The number of hydrogen-bond acceptors (Lipinski definition) is 3. The van der Waals surface area contributed by atoms with Gasteiger partial charge in [0.25, 0.3) is 0 Å². The van der Waals surface area contributed by atoms with Crippen LogP contribution in [0.4, 0.5) is 0 Å². The van der Waals surface area contributed by atoms with E-state index in [4.69, 9.17) is 5.11 Å². The number of benzene rings is 1. The van der Waals surface area contributed by atoms with Gasteiger partial charge in [0.05, 0.1) is 5.41 Å². The zero-order chi connectivity index (χ0) is 12.9. The van der Waals surface area contributed by atoms with Crippen LogP contribution in [0.15, 0.2) is 24.3 Å². The topological polar surface area (TPSA) is 61.4 Å². The molecule has 17 heavy (non-hydrogen) atoms. The summed E-state index contributed by atoms with van der Waals surface area (Å²) in [5, 5.41) is 15.0. The molecule has 0 atom stereocenters. The summed E-state index contributed by atoms with van der Waals surface area (Å²) in [4.78, 5) is 11.5. The number of carbonyl (C=O) groups excluding carboxylic acids is 1. The Hall–Kier alpha value is -1.55. The number of phenolic OH excluding ortho intramolecular Hbond substituents is 1. The fourth-order valence-corrected chi connectivity index (χ4v) is 1.55. The summed E-state index contributed by atoms with van der Waals surface area (Å²) in [5.41, 5.74) is 0.654. The zero-order valence-electron chi connectivity index (χ0n) is 10.6. The summed E-state index contributed by atoms with van der Waals surface area (Å²) in [6, 6.07) is 7.02.